The number of nitrogens with two attached hydrogens (primary N) is 1. The van der Waals surface area contributed by atoms with Crippen LogP contribution in [0.15, 0.2) is 36.4 Å². The fourth-order valence-corrected chi connectivity index (χ4v) is 1.64. The molecule has 0 heterocycles. The van der Waals surface area contributed by atoms with Crippen molar-refractivity contribution in [3.63, 3.8) is 0 Å². The number of hydrogen-bond donors (Lipinski definition) is 3. The molecule has 2 aromatic carbocycles. The van der Waals surface area contributed by atoms with E-state index < -0.39 is 11.7 Å². The predicted molar refractivity (Wildman–Crippen MR) is 71.9 cm³/mol. The molecule has 0 unspecified atom stereocenters. The summed E-state index contributed by atoms with van der Waals surface area (Å²) in [6.45, 7) is 0. The second kappa shape index (κ2) is 5.16. The van der Waals surface area contributed by atoms with Crippen molar-refractivity contribution in [2.75, 3.05) is 11.1 Å². The Bertz CT molecular complexity index is 647. The van der Waals surface area contributed by atoms with Crippen LogP contribution in [0.1, 0.15) is 10.4 Å². The molecule has 0 spiro atoms. The van der Waals surface area contributed by atoms with Crippen molar-refractivity contribution in [1.29, 1.82) is 0 Å². The van der Waals surface area contributed by atoms with Crippen LogP contribution in [-0.4, -0.2) is 11.0 Å². The molecule has 0 aliphatic carbocycles. The van der Waals surface area contributed by atoms with Gasteiger partial charge in [-0.25, -0.2) is 4.39 Å². The Morgan fingerprint density at radius 2 is 2.00 bits per heavy atom. The van der Waals surface area contributed by atoms with Gasteiger partial charge in [0.15, 0.2) is 0 Å². The lowest BCUT2D eigenvalue weighted by Gasteiger charge is -2.07. The molecule has 0 aromatic heterocycles. The van der Waals surface area contributed by atoms with E-state index >= 15 is 0 Å². The summed E-state index contributed by atoms with van der Waals surface area (Å²) >= 11 is 5.71. The van der Waals surface area contributed by atoms with Crippen LogP contribution in [-0.2, 0) is 0 Å². The largest absolute Gasteiger partial charge is 0.506 e. The molecule has 4 nitrogen and oxygen atoms in total. The van der Waals surface area contributed by atoms with E-state index in [1.165, 1.54) is 30.3 Å². The minimum absolute atomic E-state index is 0.0239. The summed E-state index contributed by atoms with van der Waals surface area (Å²) in [5, 5.41) is 11.9. The second-order valence-corrected chi connectivity index (χ2v) is 4.26. The van der Waals surface area contributed by atoms with E-state index in [1.54, 1.807) is 0 Å². The molecule has 0 saturated heterocycles. The number of rotatable bonds is 2. The van der Waals surface area contributed by atoms with Gasteiger partial charge in [0.05, 0.1) is 10.7 Å². The van der Waals surface area contributed by atoms with Crippen molar-refractivity contribution in [3.05, 3.63) is 52.8 Å². The summed E-state index contributed by atoms with van der Waals surface area (Å²) in [6.07, 6.45) is 0. The first-order valence-electron chi connectivity index (χ1n) is 5.32. The van der Waals surface area contributed by atoms with E-state index in [9.17, 15) is 14.3 Å². The molecule has 0 atom stereocenters. The van der Waals surface area contributed by atoms with Crippen molar-refractivity contribution in [3.8, 4) is 5.75 Å². The first kappa shape index (κ1) is 13.2. The minimum atomic E-state index is -0.656. The average molecular weight is 281 g/mol. The Morgan fingerprint density at radius 3 is 2.63 bits per heavy atom. The van der Waals surface area contributed by atoms with Crippen LogP contribution in [0, 0.1) is 5.82 Å². The molecule has 2 aromatic rings. The highest BCUT2D eigenvalue weighted by Crippen LogP contribution is 2.26. The zero-order valence-corrected chi connectivity index (χ0v) is 10.4. The maximum atomic E-state index is 13.2. The minimum Gasteiger partial charge on any atom is -0.506 e. The van der Waals surface area contributed by atoms with Gasteiger partial charge in [0.2, 0.25) is 0 Å². The predicted octanol–water partition coefficient (Wildman–Crippen LogP) is 3.02. The van der Waals surface area contributed by atoms with Gasteiger partial charge in [-0.15, -0.1) is 0 Å². The number of nitrogens with one attached hydrogen (secondary N) is 1. The van der Waals surface area contributed by atoms with Gasteiger partial charge < -0.3 is 16.2 Å². The highest BCUT2D eigenvalue weighted by atomic mass is 35.5. The Kier molecular flexibility index (Phi) is 3.57. The van der Waals surface area contributed by atoms with Gasteiger partial charge in [0.25, 0.3) is 5.91 Å². The highest BCUT2D eigenvalue weighted by Gasteiger charge is 2.09. The summed E-state index contributed by atoms with van der Waals surface area (Å²) < 4.78 is 13.2. The molecule has 98 valence electrons. The van der Waals surface area contributed by atoms with Crippen LogP contribution in [0.5, 0.6) is 5.75 Å². The van der Waals surface area contributed by atoms with Gasteiger partial charge in [0, 0.05) is 11.3 Å². The lowest BCUT2D eigenvalue weighted by atomic mass is 10.2. The standard InChI is InChI=1S/C13H10ClFN2O2/c14-9-6-8(2-4-12(9)18)17-13(19)7-1-3-11(16)10(15)5-7/h1-6,18H,16H2,(H,17,19). The molecular formula is C13H10ClFN2O2. The number of amides is 1. The zero-order chi connectivity index (χ0) is 14.0. The summed E-state index contributed by atoms with van der Waals surface area (Å²) in [5.74, 6) is -1.24. The number of phenolic OH excluding ortho intramolecular Hbond substituents is 1. The topological polar surface area (TPSA) is 75.4 Å². The molecule has 0 radical (unpaired) electrons. The summed E-state index contributed by atoms with van der Waals surface area (Å²) in [6, 6.07) is 7.99. The lowest BCUT2D eigenvalue weighted by molar-refractivity contribution is 0.102. The number of aromatic hydroxyl groups is 1. The SMILES string of the molecule is Nc1ccc(C(=O)Nc2ccc(O)c(Cl)c2)cc1F. The van der Waals surface area contributed by atoms with Gasteiger partial charge in [0.1, 0.15) is 11.6 Å². The molecule has 6 heteroatoms. The van der Waals surface area contributed by atoms with Gasteiger partial charge in [-0.2, -0.15) is 0 Å². The maximum Gasteiger partial charge on any atom is 0.255 e. The van der Waals surface area contributed by atoms with Crippen LogP contribution in [0.25, 0.3) is 0 Å². The normalized spacial score (nSPS) is 10.2. The van der Waals surface area contributed by atoms with E-state index in [2.05, 4.69) is 5.32 Å². The summed E-state index contributed by atoms with van der Waals surface area (Å²) in [7, 11) is 0. The maximum absolute atomic E-state index is 13.2. The number of carbonyl (C=O) groups is 1. The quantitative estimate of drug-likeness (QED) is 0.585. The Hall–Kier alpha value is -2.27. The molecule has 19 heavy (non-hydrogen) atoms. The van der Waals surface area contributed by atoms with Crippen molar-refractivity contribution >= 4 is 28.9 Å². The highest BCUT2D eigenvalue weighted by molar-refractivity contribution is 6.32. The Morgan fingerprint density at radius 1 is 1.26 bits per heavy atom. The van der Waals surface area contributed by atoms with E-state index in [0.717, 1.165) is 6.07 Å². The number of carbonyl (C=O) groups excluding carboxylic acids is 1. The van der Waals surface area contributed by atoms with Gasteiger partial charge in [-0.3, -0.25) is 4.79 Å². The molecule has 0 aliphatic rings. The smallest absolute Gasteiger partial charge is 0.255 e. The molecule has 0 fully saturated rings. The molecule has 0 aliphatic heterocycles. The summed E-state index contributed by atoms with van der Waals surface area (Å²) in [4.78, 5) is 11.8. The Balaban J connectivity index is 2.20. The van der Waals surface area contributed by atoms with E-state index in [1.807, 2.05) is 0 Å². The van der Waals surface area contributed by atoms with E-state index in [0.29, 0.717) is 5.69 Å². The first-order chi connectivity index (χ1) is 8.97. The third kappa shape index (κ3) is 2.95. The number of anilines is 2. The van der Waals surface area contributed by atoms with Crippen LogP contribution in [0.3, 0.4) is 0 Å². The van der Waals surface area contributed by atoms with E-state index in [4.69, 9.17) is 17.3 Å². The van der Waals surface area contributed by atoms with Crippen molar-refractivity contribution < 1.29 is 14.3 Å². The fraction of sp³-hybridized carbons (Fsp3) is 0. The molecule has 4 N–H and O–H groups in total. The molecule has 1 amide bonds. The molecule has 0 bridgehead atoms. The molecule has 0 saturated carbocycles. The molecular weight excluding hydrogens is 271 g/mol. The number of phenols is 1. The van der Waals surface area contributed by atoms with Crippen molar-refractivity contribution in [1.82, 2.24) is 0 Å². The van der Waals surface area contributed by atoms with Gasteiger partial charge in [-0.1, -0.05) is 11.6 Å². The van der Waals surface area contributed by atoms with Gasteiger partial charge in [-0.05, 0) is 36.4 Å². The number of halogens is 2. The average Bonchev–Trinajstić information content (AvgIpc) is 2.37. The van der Waals surface area contributed by atoms with Crippen LogP contribution in [0.4, 0.5) is 15.8 Å². The first-order valence-corrected chi connectivity index (χ1v) is 5.70. The third-order valence-corrected chi connectivity index (χ3v) is 2.77. The van der Waals surface area contributed by atoms with Crippen LogP contribution < -0.4 is 11.1 Å². The van der Waals surface area contributed by atoms with Gasteiger partial charge >= 0.3 is 0 Å². The van der Waals surface area contributed by atoms with Crippen molar-refractivity contribution in [2.45, 2.75) is 0 Å². The summed E-state index contributed by atoms with van der Waals surface area (Å²) in [5.41, 5.74) is 5.83. The number of nitrogen functional groups attached to an aromatic ring is 1. The van der Waals surface area contributed by atoms with Crippen LogP contribution in [0.2, 0.25) is 5.02 Å². The number of benzene rings is 2. The fourth-order valence-electron chi connectivity index (χ4n) is 1.46. The van der Waals surface area contributed by atoms with Crippen LogP contribution >= 0.6 is 11.6 Å². The monoisotopic (exact) mass is 280 g/mol. The second-order valence-electron chi connectivity index (χ2n) is 3.86. The van der Waals surface area contributed by atoms with Crippen molar-refractivity contribution in [2.24, 2.45) is 0 Å². The lowest BCUT2D eigenvalue weighted by Crippen LogP contribution is -2.12. The Labute approximate surface area is 113 Å². The number of hydrogen-bond acceptors (Lipinski definition) is 3. The zero-order valence-electron chi connectivity index (χ0n) is 9.65. The van der Waals surface area contributed by atoms with E-state index in [-0.39, 0.29) is 22.0 Å². The third-order valence-electron chi connectivity index (χ3n) is 2.47. The molecule has 2 rings (SSSR count).